The lowest BCUT2D eigenvalue weighted by atomic mass is 9.91. The van der Waals surface area contributed by atoms with Crippen molar-refractivity contribution < 1.29 is 28.5 Å². The topological polar surface area (TPSA) is 71.1 Å². The molecule has 0 heterocycles. The summed E-state index contributed by atoms with van der Waals surface area (Å²) in [5.41, 5.74) is -0.210. The van der Waals surface area contributed by atoms with E-state index in [1.165, 1.54) is 13.0 Å². The number of carbonyl (C=O) groups excluding carboxylic acids is 2. The van der Waals surface area contributed by atoms with Gasteiger partial charge in [-0.1, -0.05) is 55.9 Å². The fourth-order valence-electron chi connectivity index (χ4n) is 1.43. The summed E-state index contributed by atoms with van der Waals surface area (Å²) in [6.07, 6.45) is 5.12. The largest absolute Gasteiger partial charge is 0.463 e. The van der Waals surface area contributed by atoms with Crippen LogP contribution in [-0.2, 0) is 28.5 Å². The minimum Gasteiger partial charge on any atom is -0.463 e. The van der Waals surface area contributed by atoms with Crippen LogP contribution in [0, 0.1) is 5.41 Å². The zero-order valence-corrected chi connectivity index (χ0v) is 16.3. The van der Waals surface area contributed by atoms with Crippen molar-refractivity contribution in [3.05, 3.63) is 38.0 Å². The summed E-state index contributed by atoms with van der Waals surface area (Å²) in [5.74, 6) is -0.322. The Labute approximate surface area is 182 Å². The number of hydrogen-bond acceptors (Lipinski definition) is 6. The first-order valence-corrected chi connectivity index (χ1v) is 7.85. The van der Waals surface area contributed by atoms with Crippen molar-refractivity contribution in [2.45, 2.75) is 50.0 Å². The first kappa shape index (κ1) is 45.8. The van der Waals surface area contributed by atoms with Gasteiger partial charge in [0.25, 0.3) is 0 Å². The molecule has 6 nitrogen and oxygen atoms in total. The SMILES string of the molecule is C.C.C.C.C=CC(=O)OCCC.C=CC(C)=O.C=CC(COC)(COC)COC. The maximum Gasteiger partial charge on any atom is 0.330 e. The molecule has 0 rings (SSSR count). The van der Waals surface area contributed by atoms with E-state index < -0.39 is 0 Å². The molecule has 178 valence electrons. The monoisotopic (exact) mass is 422 g/mol. The van der Waals surface area contributed by atoms with Gasteiger partial charge in [-0.05, 0) is 19.4 Å². The molecule has 0 N–H and O–H groups in total. The second-order valence-corrected chi connectivity index (χ2v) is 5.05. The Hall–Kier alpha value is -1.76. The molecule has 0 aliphatic rings. The smallest absolute Gasteiger partial charge is 0.330 e. The lowest BCUT2D eigenvalue weighted by Crippen LogP contribution is -2.34. The van der Waals surface area contributed by atoms with E-state index in [1.54, 1.807) is 21.3 Å². The summed E-state index contributed by atoms with van der Waals surface area (Å²) >= 11 is 0. The molecule has 0 aliphatic carbocycles. The lowest BCUT2D eigenvalue weighted by molar-refractivity contribution is -0.137. The van der Waals surface area contributed by atoms with Crippen molar-refractivity contribution >= 4 is 11.8 Å². The van der Waals surface area contributed by atoms with Gasteiger partial charge >= 0.3 is 5.97 Å². The fraction of sp³-hybridized carbons (Fsp3) is 0.652. The highest BCUT2D eigenvalue weighted by Gasteiger charge is 2.26. The first-order chi connectivity index (χ1) is 11.8. The molecule has 0 aromatic heterocycles. The molecule has 0 unspecified atom stereocenters. The highest BCUT2D eigenvalue weighted by Crippen LogP contribution is 2.19. The molecule has 0 bridgehead atoms. The molecule has 0 fully saturated rings. The fourth-order valence-corrected chi connectivity index (χ4v) is 1.43. The summed E-state index contributed by atoms with van der Waals surface area (Å²) in [7, 11) is 4.97. The van der Waals surface area contributed by atoms with E-state index in [0.717, 1.165) is 12.5 Å². The summed E-state index contributed by atoms with van der Waals surface area (Å²) in [6, 6.07) is 0. The number of ether oxygens (including phenoxy) is 4. The van der Waals surface area contributed by atoms with Crippen LogP contribution in [0.2, 0.25) is 0 Å². The number of hydrogen-bond donors (Lipinski definition) is 0. The summed E-state index contributed by atoms with van der Waals surface area (Å²) in [5, 5.41) is 0. The zero-order chi connectivity index (χ0) is 20.1. The average molecular weight is 423 g/mol. The molecule has 0 spiro atoms. The third-order valence-electron chi connectivity index (χ3n) is 2.63. The molecule has 0 aromatic rings. The van der Waals surface area contributed by atoms with Crippen LogP contribution in [0.4, 0.5) is 0 Å². The quantitative estimate of drug-likeness (QED) is 0.248. The van der Waals surface area contributed by atoms with E-state index in [9.17, 15) is 9.59 Å². The summed E-state index contributed by atoms with van der Waals surface area (Å²) in [6.45, 7) is 15.8. The zero-order valence-electron chi connectivity index (χ0n) is 16.3. The lowest BCUT2D eigenvalue weighted by Gasteiger charge is -2.27. The number of ketones is 1. The second kappa shape index (κ2) is 33.8. The van der Waals surface area contributed by atoms with Crippen molar-refractivity contribution in [2.24, 2.45) is 5.41 Å². The standard InChI is InChI=1S/C9H18O3.C6H10O2.C4H6O.4CH4/c1-5-9(6-10-2,7-11-3)8-12-4;1-3-5-8-6(7)4-2;1-3-4(2)5;;;;/h5H,1,6-8H2,2-4H3;4H,2-3,5H2,1H3;3H,1H2,2H3;4*1H4. The van der Waals surface area contributed by atoms with E-state index in [-0.39, 0.29) is 46.9 Å². The molecule has 0 radical (unpaired) electrons. The number of carbonyl (C=O) groups is 2. The van der Waals surface area contributed by atoms with Crippen LogP contribution in [0.25, 0.3) is 0 Å². The van der Waals surface area contributed by atoms with Gasteiger partial charge in [-0.2, -0.15) is 0 Å². The van der Waals surface area contributed by atoms with Crippen molar-refractivity contribution in [3.8, 4) is 0 Å². The van der Waals surface area contributed by atoms with Crippen molar-refractivity contribution in [1.82, 2.24) is 0 Å². The predicted molar refractivity (Wildman–Crippen MR) is 128 cm³/mol. The third-order valence-corrected chi connectivity index (χ3v) is 2.63. The minimum absolute atomic E-state index is 0. The highest BCUT2D eigenvalue weighted by atomic mass is 16.5. The van der Waals surface area contributed by atoms with Crippen LogP contribution >= 0.6 is 0 Å². The normalized spacial score (nSPS) is 8.17. The molecule has 0 aliphatic heterocycles. The van der Waals surface area contributed by atoms with Crippen LogP contribution in [-0.4, -0.2) is 59.5 Å². The Morgan fingerprint density at radius 1 is 0.828 bits per heavy atom. The summed E-state index contributed by atoms with van der Waals surface area (Å²) in [4.78, 5) is 19.9. The van der Waals surface area contributed by atoms with Crippen molar-refractivity contribution in [2.75, 3.05) is 47.8 Å². The number of rotatable bonds is 11. The van der Waals surface area contributed by atoms with Crippen LogP contribution < -0.4 is 0 Å². The molecule has 6 heteroatoms. The Kier molecular flexibility index (Phi) is 53.4. The first-order valence-electron chi connectivity index (χ1n) is 7.85. The van der Waals surface area contributed by atoms with Crippen LogP contribution in [0.5, 0.6) is 0 Å². The third kappa shape index (κ3) is 34.2. The second-order valence-electron chi connectivity index (χ2n) is 5.05. The van der Waals surface area contributed by atoms with Gasteiger partial charge in [-0.3, -0.25) is 4.79 Å². The van der Waals surface area contributed by atoms with E-state index >= 15 is 0 Å². The Balaban J connectivity index is -0.0000000505. The Morgan fingerprint density at radius 3 is 1.34 bits per heavy atom. The van der Waals surface area contributed by atoms with Crippen LogP contribution in [0.15, 0.2) is 38.0 Å². The van der Waals surface area contributed by atoms with E-state index in [2.05, 4.69) is 24.5 Å². The molecule has 0 saturated carbocycles. The Bertz CT molecular complexity index is 361. The number of allylic oxidation sites excluding steroid dienone is 1. The molecular weight excluding hydrogens is 372 g/mol. The van der Waals surface area contributed by atoms with Gasteiger partial charge in [-0.15, -0.1) is 6.58 Å². The predicted octanol–water partition coefficient (Wildman–Crippen LogP) is 5.53. The Morgan fingerprint density at radius 2 is 1.17 bits per heavy atom. The maximum atomic E-state index is 10.2. The van der Waals surface area contributed by atoms with Gasteiger partial charge in [-0.25, -0.2) is 4.79 Å². The molecular formula is C23H50O6. The van der Waals surface area contributed by atoms with Gasteiger partial charge in [0, 0.05) is 27.4 Å². The maximum absolute atomic E-state index is 10.2. The molecule has 0 saturated heterocycles. The van der Waals surface area contributed by atoms with Crippen molar-refractivity contribution in [1.29, 1.82) is 0 Å². The van der Waals surface area contributed by atoms with Gasteiger partial charge in [0.1, 0.15) is 0 Å². The molecule has 0 amide bonds. The van der Waals surface area contributed by atoms with Gasteiger partial charge in [0.05, 0.1) is 31.8 Å². The van der Waals surface area contributed by atoms with E-state index in [4.69, 9.17) is 14.2 Å². The minimum atomic E-state index is -0.341. The van der Waals surface area contributed by atoms with Crippen LogP contribution in [0.1, 0.15) is 50.0 Å². The van der Waals surface area contributed by atoms with Gasteiger partial charge in [0.2, 0.25) is 0 Å². The van der Waals surface area contributed by atoms with E-state index in [0.29, 0.717) is 26.4 Å². The number of methoxy groups -OCH3 is 3. The van der Waals surface area contributed by atoms with Crippen molar-refractivity contribution in [3.63, 3.8) is 0 Å². The molecule has 0 aromatic carbocycles. The molecule has 29 heavy (non-hydrogen) atoms. The van der Waals surface area contributed by atoms with E-state index in [1.807, 2.05) is 13.0 Å². The van der Waals surface area contributed by atoms with Gasteiger partial charge < -0.3 is 18.9 Å². The average Bonchev–Trinajstić information content (AvgIpc) is 2.61. The number of esters is 1. The molecule has 0 atom stereocenters. The van der Waals surface area contributed by atoms with Crippen LogP contribution in [0.3, 0.4) is 0 Å². The highest BCUT2D eigenvalue weighted by molar-refractivity contribution is 5.86. The van der Waals surface area contributed by atoms with Gasteiger partial charge in [0.15, 0.2) is 5.78 Å². The summed E-state index contributed by atoms with van der Waals surface area (Å²) < 4.78 is 19.8.